The molecule has 0 spiro atoms. The highest BCUT2D eigenvalue weighted by Gasteiger charge is 2.38. The van der Waals surface area contributed by atoms with E-state index in [-0.39, 0.29) is 24.4 Å². The van der Waals surface area contributed by atoms with Gasteiger partial charge in [0, 0.05) is 31.6 Å². The molecule has 0 aliphatic carbocycles. The van der Waals surface area contributed by atoms with Crippen molar-refractivity contribution >= 4 is 15.9 Å². The van der Waals surface area contributed by atoms with Crippen LogP contribution in [0.2, 0.25) is 0 Å². The van der Waals surface area contributed by atoms with E-state index in [1.54, 1.807) is 13.8 Å². The Morgan fingerprint density at radius 1 is 1.39 bits per heavy atom. The van der Waals surface area contributed by atoms with Gasteiger partial charge in [0.15, 0.2) is 0 Å². The summed E-state index contributed by atoms with van der Waals surface area (Å²) in [6.45, 7) is 4.78. The lowest BCUT2D eigenvalue weighted by molar-refractivity contribution is 0.0925. The molecule has 9 heteroatoms. The molecule has 8 nitrogen and oxygen atoms in total. The maximum absolute atomic E-state index is 12.5. The van der Waals surface area contributed by atoms with Crippen molar-refractivity contribution in [1.29, 1.82) is 0 Å². The fourth-order valence-corrected chi connectivity index (χ4v) is 3.86. The van der Waals surface area contributed by atoms with Gasteiger partial charge in [0.2, 0.25) is 10.0 Å². The third-order valence-corrected chi connectivity index (χ3v) is 5.29. The van der Waals surface area contributed by atoms with E-state index in [0.717, 1.165) is 0 Å². The number of amides is 1. The van der Waals surface area contributed by atoms with E-state index in [9.17, 15) is 13.2 Å². The molecule has 1 aromatic heterocycles. The van der Waals surface area contributed by atoms with Crippen LogP contribution in [0.25, 0.3) is 0 Å². The van der Waals surface area contributed by atoms with Crippen molar-refractivity contribution in [1.82, 2.24) is 19.7 Å². The Labute approximate surface area is 136 Å². The fraction of sp³-hybridized carbons (Fsp3) is 0.714. The van der Waals surface area contributed by atoms with E-state index in [1.165, 1.54) is 10.6 Å². The number of nitrogens with one attached hydrogen (secondary N) is 1. The van der Waals surface area contributed by atoms with Crippen LogP contribution in [0.3, 0.4) is 0 Å². The van der Waals surface area contributed by atoms with Crippen LogP contribution in [0.1, 0.15) is 21.8 Å². The van der Waals surface area contributed by atoms with Crippen LogP contribution in [-0.2, 0) is 10.0 Å². The molecule has 23 heavy (non-hydrogen) atoms. The average molecular weight is 344 g/mol. The zero-order valence-electron chi connectivity index (χ0n) is 14.2. The van der Waals surface area contributed by atoms with E-state index in [2.05, 4.69) is 10.5 Å². The van der Waals surface area contributed by atoms with Gasteiger partial charge in [-0.1, -0.05) is 5.16 Å². The van der Waals surface area contributed by atoms with E-state index in [0.29, 0.717) is 30.1 Å². The topological polar surface area (TPSA) is 95.7 Å². The van der Waals surface area contributed by atoms with Crippen LogP contribution >= 0.6 is 0 Å². The smallest absolute Gasteiger partial charge is 0.257 e. The van der Waals surface area contributed by atoms with Gasteiger partial charge in [0.1, 0.15) is 11.3 Å². The third kappa shape index (κ3) is 4.10. The molecule has 1 fully saturated rings. The van der Waals surface area contributed by atoms with Crippen molar-refractivity contribution in [2.45, 2.75) is 19.9 Å². The molecule has 0 unspecified atom stereocenters. The Morgan fingerprint density at radius 2 is 2.04 bits per heavy atom. The summed E-state index contributed by atoms with van der Waals surface area (Å²) in [5, 5.41) is 6.73. The minimum Gasteiger partial charge on any atom is -0.361 e. The van der Waals surface area contributed by atoms with Crippen molar-refractivity contribution in [3.05, 3.63) is 17.0 Å². The Balaban J connectivity index is 2.16. The maximum atomic E-state index is 12.5. The van der Waals surface area contributed by atoms with Gasteiger partial charge < -0.3 is 14.7 Å². The molecule has 1 saturated heterocycles. The first kappa shape index (κ1) is 17.9. The number of carbonyl (C=O) groups excluding carboxylic acids is 1. The number of aryl methyl sites for hydroxylation is 2. The normalized spacial score (nSPS) is 22.7. The van der Waals surface area contributed by atoms with Crippen molar-refractivity contribution in [3.8, 4) is 0 Å². The van der Waals surface area contributed by atoms with Crippen molar-refractivity contribution in [2.75, 3.05) is 40.0 Å². The Morgan fingerprint density at radius 3 is 2.52 bits per heavy atom. The first-order chi connectivity index (χ1) is 10.6. The van der Waals surface area contributed by atoms with Crippen molar-refractivity contribution in [2.24, 2.45) is 5.92 Å². The monoisotopic (exact) mass is 344 g/mol. The van der Waals surface area contributed by atoms with Crippen LogP contribution in [0.4, 0.5) is 0 Å². The molecule has 130 valence electrons. The Bertz CT molecular complexity index is 663. The van der Waals surface area contributed by atoms with Gasteiger partial charge >= 0.3 is 0 Å². The van der Waals surface area contributed by atoms with Gasteiger partial charge in [-0.15, -0.1) is 0 Å². The summed E-state index contributed by atoms with van der Waals surface area (Å²) in [5.74, 6) is 0.219. The molecular formula is C14H24N4O4S. The van der Waals surface area contributed by atoms with Crippen LogP contribution in [0.15, 0.2) is 4.52 Å². The molecule has 0 saturated carbocycles. The number of nitrogens with zero attached hydrogens (tertiary/aromatic N) is 3. The molecule has 2 rings (SSSR count). The third-order valence-electron chi connectivity index (χ3n) is 4.05. The minimum atomic E-state index is -3.28. The second-order valence-corrected chi connectivity index (χ2v) is 8.36. The van der Waals surface area contributed by atoms with Crippen LogP contribution in [-0.4, -0.2) is 74.7 Å². The van der Waals surface area contributed by atoms with Crippen LogP contribution in [0, 0.1) is 19.8 Å². The highest BCUT2D eigenvalue weighted by atomic mass is 32.2. The predicted molar refractivity (Wildman–Crippen MR) is 85.7 cm³/mol. The molecule has 0 radical (unpaired) electrons. The number of hydrogen-bond donors (Lipinski definition) is 1. The summed E-state index contributed by atoms with van der Waals surface area (Å²) in [5.41, 5.74) is 0.952. The highest BCUT2D eigenvalue weighted by molar-refractivity contribution is 7.88. The van der Waals surface area contributed by atoms with Gasteiger partial charge in [0.05, 0.1) is 11.9 Å². The summed E-state index contributed by atoms with van der Waals surface area (Å²) < 4.78 is 30.1. The second-order valence-electron chi connectivity index (χ2n) is 6.38. The Kier molecular flexibility index (Phi) is 5.12. The molecule has 1 aliphatic rings. The molecule has 1 amide bonds. The Hall–Kier alpha value is -1.45. The first-order valence-corrected chi connectivity index (χ1v) is 9.28. The number of carbonyl (C=O) groups is 1. The standard InChI is InChI=1S/C14H24N4O4S/c1-9-13(10(2)22-16-9)14(19)15-12-8-18(23(5,20)21)7-11(12)6-17(3)4/h11-12H,6-8H2,1-5H3,(H,15,19)/t11-,12-/m1/s1. The first-order valence-electron chi connectivity index (χ1n) is 7.43. The summed E-state index contributed by atoms with van der Waals surface area (Å²) in [7, 11) is 0.576. The number of rotatable bonds is 5. The van der Waals surface area contributed by atoms with Gasteiger partial charge in [-0.05, 0) is 27.9 Å². The van der Waals surface area contributed by atoms with Gasteiger partial charge in [-0.2, -0.15) is 4.31 Å². The lowest BCUT2D eigenvalue weighted by Gasteiger charge is -2.22. The molecule has 1 aliphatic heterocycles. The molecule has 0 aromatic carbocycles. The zero-order chi connectivity index (χ0) is 17.4. The van der Waals surface area contributed by atoms with Gasteiger partial charge in [-0.3, -0.25) is 4.79 Å². The number of hydrogen-bond acceptors (Lipinski definition) is 6. The number of sulfonamides is 1. The molecule has 2 heterocycles. The lowest BCUT2D eigenvalue weighted by Crippen LogP contribution is -2.43. The highest BCUT2D eigenvalue weighted by Crippen LogP contribution is 2.21. The quantitative estimate of drug-likeness (QED) is 0.798. The minimum absolute atomic E-state index is 0.0316. The molecule has 1 N–H and O–H groups in total. The maximum Gasteiger partial charge on any atom is 0.257 e. The average Bonchev–Trinajstić information content (AvgIpc) is 2.93. The van der Waals surface area contributed by atoms with Gasteiger partial charge in [-0.25, -0.2) is 8.42 Å². The van der Waals surface area contributed by atoms with E-state index < -0.39 is 10.0 Å². The molecule has 1 aromatic rings. The van der Waals surface area contributed by atoms with Crippen molar-refractivity contribution in [3.63, 3.8) is 0 Å². The SMILES string of the molecule is Cc1noc(C)c1C(=O)N[C@@H]1CN(S(C)(=O)=O)C[C@H]1CN(C)C. The summed E-state index contributed by atoms with van der Waals surface area (Å²) in [6, 6.07) is -0.242. The zero-order valence-corrected chi connectivity index (χ0v) is 15.0. The molecule has 2 atom stereocenters. The van der Waals surface area contributed by atoms with Crippen LogP contribution in [0.5, 0.6) is 0 Å². The van der Waals surface area contributed by atoms with Crippen molar-refractivity contribution < 1.29 is 17.7 Å². The summed E-state index contributed by atoms with van der Waals surface area (Å²) in [4.78, 5) is 14.5. The molecular weight excluding hydrogens is 320 g/mol. The number of aromatic nitrogens is 1. The lowest BCUT2D eigenvalue weighted by atomic mass is 10.0. The van der Waals surface area contributed by atoms with E-state index in [4.69, 9.17) is 4.52 Å². The predicted octanol–water partition coefficient (Wildman–Crippen LogP) is -0.157. The summed E-state index contributed by atoms with van der Waals surface area (Å²) in [6.07, 6.45) is 1.19. The summed E-state index contributed by atoms with van der Waals surface area (Å²) >= 11 is 0. The van der Waals surface area contributed by atoms with E-state index in [1.807, 2.05) is 19.0 Å². The largest absolute Gasteiger partial charge is 0.361 e. The molecule has 0 bridgehead atoms. The fourth-order valence-electron chi connectivity index (χ4n) is 2.97. The second kappa shape index (κ2) is 6.58. The van der Waals surface area contributed by atoms with Gasteiger partial charge in [0.25, 0.3) is 5.91 Å². The van der Waals surface area contributed by atoms with Crippen LogP contribution < -0.4 is 5.32 Å². The van der Waals surface area contributed by atoms with E-state index >= 15 is 0 Å².